The highest BCUT2D eigenvalue weighted by Crippen LogP contribution is 2.41. The van der Waals surface area contributed by atoms with Crippen molar-refractivity contribution in [3.05, 3.63) is 53.8 Å². The van der Waals surface area contributed by atoms with Crippen molar-refractivity contribution in [1.82, 2.24) is 10.6 Å². The van der Waals surface area contributed by atoms with Crippen LogP contribution in [0.1, 0.15) is 54.6 Å². The monoisotopic (exact) mass is 567 g/mol. The second-order valence-corrected chi connectivity index (χ2v) is 12.4. The Bertz CT molecular complexity index is 1530. The normalized spacial score (nSPS) is 22.2. The molecule has 1 atom stereocenters. The number of amides is 2. The van der Waals surface area contributed by atoms with Crippen LogP contribution in [-0.4, -0.2) is 45.7 Å². The van der Waals surface area contributed by atoms with Crippen LogP contribution in [0.15, 0.2) is 46.9 Å². The number of hydrogen-bond acceptors (Lipinski definition) is 6. The van der Waals surface area contributed by atoms with E-state index in [2.05, 4.69) is 16.7 Å². The van der Waals surface area contributed by atoms with Crippen LogP contribution in [0.4, 0.5) is 8.78 Å². The molecule has 2 saturated carbocycles. The number of fused-ring (bicyclic) bond motifs is 2. The third-order valence-electron chi connectivity index (χ3n) is 7.97. The highest BCUT2D eigenvalue weighted by molar-refractivity contribution is 7.90. The number of carbonyl (C=O) groups is 2. The van der Waals surface area contributed by atoms with Gasteiger partial charge in [0.15, 0.2) is 5.76 Å². The number of halogens is 2. The maximum absolute atomic E-state index is 14.0. The number of furan rings is 1. The van der Waals surface area contributed by atoms with Gasteiger partial charge >= 0.3 is 0 Å². The maximum atomic E-state index is 14.0. The molecular weight excluding hydrogens is 540 g/mol. The molecule has 8 nitrogen and oxygen atoms in total. The van der Waals surface area contributed by atoms with E-state index < -0.39 is 52.8 Å². The number of nitriles is 1. The van der Waals surface area contributed by atoms with Crippen LogP contribution in [0.3, 0.4) is 0 Å². The predicted octanol–water partition coefficient (Wildman–Crippen LogP) is 4.59. The van der Waals surface area contributed by atoms with Crippen LogP contribution in [0, 0.1) is 11.3 Å². The quantitative estimate of drug-likeness (QED) is 0.434. The van der Waals surface area contributed by atoms with Crippen molar-refractivity contribution < 1.29 is 32.1 Å². The fourth-order valence-electron chi connectivity index (χ4n) is 5.26. The zero-order chi connectivity index (χ0) is 28.1. The van der Waals surface area contributed by atoms with E-state index in [1.54, 1.807) is 18.2 Å². The summed E-state index contributed by atoms with van der Waals surface area (Å²) in [7, 11) is 0. The number of carbonyl (C=O) groups excluding carboxylic acids is 2. The molecule has 1 aliphatic heterocycles. The first-order valence-corrected chi connectivity index (χ1v) is 14.7. The van der Waals surface area contributed by atoms with Gasteiger partial charge in [0, 0.05) is 23.8 Å². The minimum atomic E-state index is -2.92. The molecule has 2 aliphatic carbocycles. The molecule has 208 valence electrons. The van der Waals surface area contributed by atoms with E-state index in [0.717, 1.165) is 16.7 Å². The molecule has 2 amide bonds. The predicted molar refractivity (Wildman–Crippen MR) is 143 cm³/mol. The van der Waals surface area contributed by atoms with Gasteiger partial charge in [-0.25, -0.2) is 8.78 Å². The number of hydrogen-bond donors (Lipinski definition) is 2. The zero-order valence-electron chi connectivity index (χ0n) is 21.6. The average Bonchev–Trinajstić information content (AvgIpc) is 3.62. The Morgan fingerprint density at radius 2 is 1.70 bits per heavy atom. The molecule has 2 fully saturated rings. The first-order chi connectivity index (χ1) is 19.1. The summed E-state index contributed by atoms with van der Waals surface area (Å²) in [6.07, 6.45) is -0.641. The first-order valence-electron chi connectivity index (χ1n) is 13.2. The Labute approximate surface area is 232 Å². The van der Waals surface area contributed by atoms with E-state index in [1.165, 1.54) is 0 Å². The molecule has 2 aromatic carbocycles. The number of benzene rings is 2. The summed E-state index contributed by atoms with van der Waals surface area (Å²) < 4.78 is 51.7. The van der Waals surface area contributed by atoms with Crippen molar-refractivity contribution in [2.24, 2.45) is 0 Å². The van der Waals surface area contributed by atoms with Crippen LogP contribution < -0.4 is 15.4 Å². The summed E-state index contributed by atoms with van der Waals surface area (Å²) in [5.41, 5.74) is 0.444. The van der Waals surface area contributed by atoms with Gasteiger partial charge < -0.3 is 24.3 Å². The largest absolute Gasteiger partial charge is 0.616 e. The van der Waals surface area contributed by atoms with Gasteiger partial charge in [-0.1, -0.05) is 18.2 Å². The minimum Gasteiger partial charge on any atom is -0.616 e. The number of rotatable bonds is 5. The Hall–Kier alpha value is -3.62. The molecule has 2 N–H and O–H groups in total. The highest BCUT2D eigenvalue weighted by Gasteiger charge is 2.53. The molecule has 0 spiro atoms. The van der Waals surface area contributed by atoms with Gasteiger partial charge in [-0.3, -0.25) is 9.59 Å². The number of nitrogens with zero attached hydrogens (tertiary/aromatic N) is 1. The number of ether oxygens (including phenoxy) is 1. The summed E-state index contributed by atoms with van der Waals surface area (Å²) in [6, 6.07) is 14.8. The van der Waals surface area contributed by atoms with Crippen LogP contribution in [-0.2, 0) is 21.7 Å². The Morgan fingerprint density at radius 1 is 0.975 bits per heavy atom. The molecule has 0 radical (unpaired) electrons. The topological polar surface area (TPSA) is 127 Å². The van der Waals surface area contributed by atoms with E-state index in [1.807, 2.05) is 24.3 Å². The summed E-state index contributed by atoms with van der Waals surface area (Å²) in [5, 5.41) is 15.4. The standard InChI is InChI=1S/C29H27F2N3O5S/c30-29(31)9-7-28(8-10-29,26(36)34-27(17-32)5-6-27)33-25(35)24-15-20-3-1-19(14-23(20)39-24)18-2-4-21-16-40(37)12-11-38-22(21)13-18/h1-4,13-15H,5-12,16H2,(H,33,35)(H,34,36). The van der Waals surface area contributed by atoms with Gasteiger partial charge in [-0.05, 0) is 72.3 Å². The van der Waals surface area contributed by atoms with Gasteiger partial charge in [-0.15, -0.1) is 0 Å². The highest BCUT2D eigenvalue weighted by atomic mass is 32.2. The third-order valence-corrected chi connectivity index (χ3v) is 9.22. The molecule has 3 aliphatic rings. The fraction of sp³-hybridized carbons (Fsp3) is 0.414. The van der Waals surface area contributed by atoms with Crippen LogP contribution in [0.2, 0.25) is 0 Å². The van der Waals surface area contributed by atoms with Gasteiger partial charge in [-0.2, -0.15) is 5.26 Å². The molecule has 0 bridgehead atoms. The third kappa shape index (κ3) is 5.13. The first kappa shape index (κ1) is 26.6. The minimum absolute atomic E-state index is 0.0502. The summed E-state index contributed by atoms with van der Waals surface area (Å²) in [5.74, 6) is -2.67. The van der Waals surface area contributed by atoms with Crippen LogP contribution >= 0.6 is 0 Å². The molecule has 3 aromatic rings. The summed E-state index contributed by atoms with van der Waals surface area (Å²) in [4.78, 5) is 26.5. The lowest BCUT2D eigenvalue weighted by Crippen LogP contribution is -2.62. The lowest BCUT2D eigenvalue weighted by Gasteiger charge is -2.39. The van der Waals surface area contributed by atoms with E-state index in [0.29, 0.717) is 47.7 Å². The van der Waals surface area contributed by atoms with E-state index in [4.69, 9.17) is 9.15 Å². The second-order valence-electron chi connectivity index (χ2n) is 10.9. The van der Waals surface area contributed by atoms with Crippen LogP contribution in [0.25, 0.3) is 22.1 Å². The lowest BCUT2D eigenvalue weighted by atomic mass is 9.78. The summed E-state index contributed by atoms with van der Waals surface area (Å²) >= 11 is -0.961. The van der Waals surface area contributed by atoms with Gasteiger partial charge in [0.2, 0.25) is 11.8 Å². The Morgan fingerprint density at radius 3 is 2.42 bits per heavy atom. The average molecular weight is 568 g/mol. The Kier molecular flexibility index (Phi) is 6.50. The molecule has 1 unspecified atom stereocenters. The molecule has 1 aromatic heterocycles. The van der Waals surface area contributed by atoms with Crippen molar-refractivity contribution in [2.45, 2.75) is 61.3 Å². The lowest BCUT2D eigenvalue weighted by molar-refractivity contribution is -0.133. The fourth-order valence-corrected chi connectivity index (χ4v) is 6.26. The van der Waals surface area contributed by atoms with E-state index in [9.17, 15) is 28.2 Å². The molecule has 2 heterocycles. The van der Waals surface area contributed by atoms with Crippen molar-refractivity contribution >= 4 is 34.0 Å². The SMILES string of the molecule is N#CC1(NC(=O)C2(NC(=O)c3cc4ccc(-c5ccc6c(c5)OCC[S+]([O-])C6)cc4o3)CCC(F)(F)CC2)CC1. The van der Waals surface area contributed by atoms with Gasteiger partial charge in [0.1, 0.15) is 40.5 Å². The maximum Gasteiger partial charge on any atom is 0.287 e. The zero-order valence-corrected chi connectivity index (χ0v) is 22.4. The van der Waals surface area contributed by atoms with Crippen molar-refractivity contribution in [3.63, 3.8) is 0 Å². The van der Waals surface area contributed by atoms with Crippen LogP contribution in [0.5, 0.6) is 5.75 Å². The van der Waals surface area contributed by atoms with Gasteiger partial charge in [0.25, 0.3) is 5.91 Å². The van der Waals surface area contributed by atoms with Crippen molar-refractivity contribution in [2.75, 3.05) is 12.4 Å². The van der Waals surface area contributed by atoms with Gasteiger partial charge in [0.05, 0.1) is 6.07 Å². The molecule has 0 saturated heterocycles. The number of nitrogens with one attached hydrogen (secondary N) is 2. The molecule has 11 heteroatoms. The van der Waals surface area contributed by atoms with Crippen molar-refractivity contribution in [1.29, 1.82) is 5.26 Å². The molecular formula is C29H27F2N3O5S. The number of alkyl halides is 2. The Balaban J connectivity index is 1.24. The second kappa shape index (κ2) is 9.78. The van der Waals surface area contributed by atoms with E-state index >= 15 is 0 Å². The van der Waals surface area contributed by atoms with E-state index in [-0.39, 0.29) is 18.6 Å². The van der Waals surface area contributed by atoms with Crippen molar-refractivity contribution in [3.8, 4) is 22.9 Å². The smallest absolute Gasteiger partial charge is 0.287 e. The molecule has 6 rings (SSSR count). The summed E-state index contributed by atoms with van der Waals surface area (Å²) in [6.45, 7) is 0.382. The molecule has 40 heavy (non-hydrogen) atoms.